The average Bonchev–Trinajstić information content (AvgIpc) is 2.76. The zero-order chi connectivity index (χ0) is 13.0. The highest BCUT2D eigenvalue weighted by Crippen LogP contribution is 2.13. The van der Waals surface area contributed by atoms with Gasteiger partial charge < -0.3 is 10.1 Å². The number of carbonyl (C=O) groups is 1. The van der Waals surface area contributed by atoms with Gasteiger partial charge in [-0.3, -0.25) is 9.48 Å². The Hall–Kier alpha value is -2.30. The third-order valence-corrected chi connectivity index (χ3v) is 2.49. The van der Waals surface area contributed by atoms with Gasteiger partial charge in [-0.25, -0.2) is 0 Å². The van der Waals surface area contributed by atoms with Gasteiger partial charge in [0.05, 0.1) is 12.8 Å². The van der Waals surface area contributed by atoms with Crippen molar-refractivity contribution >= 4 is 11.7 Å². The van der Waals surface area contributed by atoms with E-state index in [1.54, 1.807) is 48.3 Å². The number of benzene rings is 1. The molecule has 0 aliphatic rings. The summed E-state index contributed by atoms with van der Waals surface area (Å²) < 4.78 is 6.92. The number of hydrogen-bond acceptors (Lipinski definition) is 3. The number of ether oxygens (including phenoxy) is 1. The topological polar surface area (TPSA) is 56.1 Å². The molecule has 1 aromatic heterocycles. The van der Waals surface area contributed by atoms with Gasteiger partial charge in [-0.1, -0.05) is 0 Å². The van der Waals surface area contributed by atoms with Crippen molar-refractivity contribution in [2.75, 3.05) is 11.9 Å². The van der Waals surface area contributed by atoms with Crippen LogP contribution < -0.4 is 10.1 Å². The Morgan fingerprint density at radius 3 is 2.61 bits per heavy atom. The molecule has 0 aliphatic heterocycles. The van der Waals surface area contributed by atoms with Crippen molar-refractivity contribution in [3.8, 4) is 5.75 Å². The lowest BCUT2D eigenvalue weighted by Crippen LogP contribution is -2.14. The summed E-state index contributed by atoms with van der Waals surface area (Å²) >= 11 is 0. The smallest absolute Gasteiger partial charge is 0.256 e. The fourth-order valence-electron chi connectivity index (χ4n) is 1.55. The molecule has 18 heavy (non-hydrogen) atoms. The molecule has 0 radical (unpaired) electrons. The van der Waals surface area contributed by atoms with Crippen molar-refractivity contribution in [1.82, 2.24) is 9.78 Å². The summed E-state index contributed by atoms with van der Waals surface area (Å²) in [4.78, 5) is 11.9. The molecule has 0 atom stereocenters. The standard InChI is InChI=1S/C13H15N3O2/c1-3-18-11-6-4-10(5-7-11)13(17)15-12-8-9-14-16(12)2/h4-9H,3H2,1-2H3,(H,15,17). The summed E-state index contributed by atoms with van der Waals surface area (Å²) in [5.41, 5.74) is 0.583. The summed E-state index contributed by atoms with van der Waals surface area (Å²) in [6.07, 6.45) is 1.63. The van der Waals surface area contributed by atoms with Crippen molar-refractivity contribution in [2.24, 2.45) is 7.05 Å². The van der Waals surface area contributed by atoms with Crippen molar-refractivity contribution in [3.05, 3.63) is 42.1 Å². The predicted molar refractivity (Wildman–Crippen MR) is 68.8 cm³/mol. The average molecular weight is 245 g/mol. The van der Waals surface area contributed by atoms with Crippen LogP contribution in [0.2, 0.25) is 0 Å². The molecule has 1 heterocycles. The number of aromatic nitrogens is 2. The molecule has 0 unspecified atom stereocenters. The fraction of sp³-hybridized carbons (Fsp3) is 0.231. The van der Waals surface area contributed by atoms with Crippen LogP contribution in [0.1, 0.15) is 17.3 Å². The Morgan fingerprint density at radius 1 is 1.33 bits per heavy atom. The molecule has 2 rings (SSSR count). The first-order chi connectivity index (χ1) is 8.70. The van der Waals surface area contributed by atoms with Crippen LogP contribution in [0.3, 0.4) is 0 Å². The van der Waals surface area contributed by atoms with Gasteiger partial charge >= 0.3 is 0 Å². The van der Waals surface area contributed by atoms with Crippen molar-refractivity contribution in [1.29, 1.82) is 0 Å². The summed E-state index contributed by atoms with van der Waals surface area (Å²) in [5, 5.41) is 6.76. The molecule has 0 aliphatic carbocycles. The van der Waals surface area contributed by atoms with Crippen molar-refractivity contribution in [3.63, 3.8) is 0 Å². The quantitative estimate of drug-likeness (QED) is 0.897. The van der Waals surface area contributed by atoms with E-state index in [2.05, 4.69) is 10.4 Å². The molecule has 5 nitrogen and oxygen atoms in total. The van der Waals surface area contributed by atoms with E-state index in [9.17, 15) is 4.79 Å². The normalized spacial score (nSPS) is 10.1. The summed E-state index contributed by atoms with van der Waals surface area (Å²) in [6.45, 7) is 2.53. The number of rotatable bonds is 4. The highest BCUT2D eigenvalue weighted by Gasteiger charge is 2.08. The first kappa shape index (κ1) is 12.2. The highest BCUT2D eigenvalue weighted by molar-refractivity contribution is 6.03. The molecule has 1 N–H and O–H groups in total. The van der Waals surface area contributed by atoms with Gasteiger partial charge in [-0.2, -0.15) is 5.10 Å². The lowest BCUT2D eigenvalue weighted by molar-refractivity contribution is 0.102. The lowest BCUT2D eigenvalue weighted by Gasteiger charge is -2.06. The molecule has 0 fully saturated rings. The largest absolute Gasteiger partial charge is 0.494 e. The molecule has 2 aromatic rings. The Bertz CT molecular complexity index is 531. The summed E-state index contributed by atoms with van der Waals surface area (Å²) in [6, 6.07) is 8.77. The minimum atomic E-state index is -0.165. The molecular formula is C13H15N3O2. The summed E-state index contributed by atoms with van der Waals surface area (Å²) in [5.74, 6) is 1.25. The Labute approximate surface area is 105 Å². The van der Waals surface area contributed by atoms with Gasteiger partial charge in [-0.05, 0) is 31.2 Å². The van der Waals surface area contributed by atoms with E-state index in [1.807, 2.05) is 6.92 Å². The first-order valence-corrected chi connectivity index (χ1v) is 5.73. The second-order valence-electron chi connectivity index (χ2n) is 3.75. The molecule has 1 aromatic carbocycles. The fourth-order valence-corrected chi connectivity index (χ4v) is 1.55. The van der Waals surface area contributed by atoms with Crippen molar-refractivity contribution in [2.45, 2.75) is 6.92 Å². The number of anilines is 1. The van der Waals surface area contributed by atoms with Gasteiger partial charge in [0, 0.05) is 18.7 Å². The van der Waals surface area contributed by atoms with Crippen LogP contribution in [0, 0.1) is 0 Å². The maximum absolute atomic E-state index is 11.9. The minimum Gasteiger partial charge on any atom is -0.494 e. The first-order valence-electron chi connectivity index (χ1n) is 5.73. The van der Waals surface area contributed by atoms with E-state index in [4.69, 9.17) is 4.74 Å². The number of nitrogens with one attached hydrogen (secondary N) is 1. The number of amides is 1. The Morgan fingerprint density at radius 2 is 2.06 bits per heavy atom. The third kappa shape index (κ3) is 2.68. The van der Waals surface area contributed by atoms with Crippen LogP contribution in [-0.2, 0) is 7.05 Å². The minimum absolute atomic E-state index is 0.165. The molecule has 94 valence electrons. The number of hydrogen-bond donors (Lipinski definition) is 1. The number of aryl methyl sites for hydroxylation is 1. The zero-order valence-corrected chi connectivity index (χ0v) is 10.4. The Kier molecular flexibility index (Phi) is 3.62. The Balaban J connectivity index is 2.07. The molecular weight excluding hydrogens is 230 g/mol. The predicted octanol–water partition coefficient (Wildman–Crippen LogP) is 2.07. The van der Waals surface area contributed by atoms with Gasteiger partial charge in [0.15, 0.2) is 0 Å². The van der Waals surface area contributed by atoms with E-state index in [-0.39, 0.29) is 5.91 Å². The maximum Gasteiger partial charge on any atom is 0.256 e. The molecule has 5 heteroatoms. The van der Waals surface area contributed by atoms with Crippen LogP contribution in [0.4, 0.5) is 5.82 Å². The van der Waals surface area contributed by atoms with Crippen LogP contribution in [0.15, 0.2) is 36.5 Å². The molecule has 0 saturated carbocycles. The molecule has 0 saturated heterocycles. The van der Waals surface area contributed by atoms with Crippen LogP contribution in [0.5, 0.6) is 5.75 Å². The second-order valence-corrected chi connectivity index (χ2v) is 3.75. The van der Waals surface area contributed by atoms with Crippen LogP contribution >= 0.6 is 0 Å². The summed E-state index contributed by atoms with van der Waals surface area (Å²) in [7, 11) is 1.77. The van der Waals surface area contributed by atoms with Gasteiger partial charge in [0.1, 0.15) is 11.6 Å². The number of nitrogens with zero attached hydrogens (tertiary/aromatic N) is 2. The van der Waals surface area contributed by atoms with E-state index < -0.39 is 0 Å². The maximum atomic E-state index is 11.9. The van der Waals surface area contributed by atoms with Crippen LogP contribution in [-0.4, -0.2) is 22.3 Å². The SMILES string of the molecule is CCOc1ccc(C(=O)Nc2ccnn2C)cc1. The van der Waals surface area contributed by atoms with Crippen LogP contribution in [0.25, 0.3) is 0 Å². The van der Waals surface area contributed by atoms with E-state index >= 15 is 0 Å². The van der Waals surface area contributed by atoms with E-state index in [1.165, 1.54) is 0 Å². The molecule has 0 spiro atoms. The van der Waals surface area contributed by atoms with E-state index in [0.29, 0.717) is 18.0 Å². The molecule has 0 bridgehead atoms. The van der Waals surface area contributed by atoms with Gasteiger partial charge in [0.25, 0.3) is 5.91 Å². The molecule has 1 amide bonds. The van der Waals surface area contributed by atoms with Crippen molar-refractivity contribution < 1.29 is 9.53 Å². The van der Waals surface area contributed by atoms with E-state index in [0.717, 1.165) is 5.75 Å². The van der Waals surface area contributed by atoms with Gasteiger partial charge in [-0.15, -0.1) is 0 Å². The zero-order valence-electron chi connectivity index (χ0n) is 10.4. The monoisotopic (exact) mass is 245 g/mol. The highest BCUT2D eigenvalue weighted by atomic mass is 16.5. The second kappa shape index (κ2) is 5.35. The number of carbonyl (C=O) groups excluding carboxylic acids is 1. The van der Waals surface area contributed by atoms with Gasteiger partial charge in [0.2, 0.25) is 0 Å². The lowest BCUT2D eigenvalue weighted by atomic mass is 10.2. The third-order valence-electron chi connectivity index (χ3n) is 2.49.